The van der Waals surface area contributed by atoms with E-state index in [0.29, 0.717) is 24.1 Å². The van der Waals surface area contributed by atoms with Crippen LogP contribution in [0.25, 0.3) is 10.4 Å². The Balaban J connectivity index is 2.06. The molecule has 0 saturated carbocycles. The van der Waals surface area contributed by atoms with Crippen LogP contribution in [0.3, 0.4) is 0 Å². The average molecular weight is 485 g/mol. The maximum Gasteiger partial charge on any atom is 0.416 e. The van der Waals surface area contributed by atoms with Gasteiger partial charge in [0.15, 0.2) is 0 Å². The van der Waals surface area contributed by atoms with Crippen LogP contribution in [0.15, 0.2) is 53.6 Å². The lowest BCUT2D eigenvalue weighted by atomic mass is 9.79. The van der Waals surface area contributed by atoms with Crippen LogP contribution in [0.4, 0.5) is 36.8 Å². The molecule has 0 unspecified atom stereocenters. The van der Waals surface area contributed by atoms with E-state index in [1.165, 1.54) is 4.90 Å². The monoisotopic (exact) mass is 485 g/mol. The lowest BCUT2D eigenvalue weighted by molar-refractivity contribution is -0.143. The van der Waals surface area contributed by atoms with Gasteiger partial charge in [0.25, 0.3) is 0 Å². The van der Waals surface area contributed by atoms with Crippen molar-refractivity contribution in [2.75, 3.05) is 18.4 Å². The summed E-state index contributed by atoms with van der Waals surface area (Å²) in [6, 6.07) is 8.61. The van der Waals surface area contributed by atoms with Gasteiger partial charge in [0.1, 0.15) is 0 Å². The molecule has 0 bridgehead atoms. The Labute approximate surface area is 191 Å². The van der Waals surface area contributed by atoms with Crippen LogP contribution in [0.2, 0.25) is 0 Å². The Kier molecular flexibility index (Phi) is 6.49. The number of alkyl halides is 6. The minimum absolute atomic E-state index is 0.00941. The van der Waals surface area contributed by atoms with Crippen molar-refractivity contribution in [3.05, 3.63) is 75.7 Å². The third kappa shape index (κ3) is 5.22. The van der Waals surface area contributed by atoms with Crippen LogP contribution in [0.1, 0.15) is 37.0 Å². The average Bonchev–Trinajstić information content (AvgIpc) is 3.03. The van der Waals surface area contributed by atoms with Crippen molar-refractivity contribution in [2.45, 2.75) is 38.2 Å². The zero-order chi connectivity index (χ0) is 25.4. The van der Waals surface area contributed by atoms with Gasteiger partial charge in [-0.05, 0) is 41.1 Å². The molecule has 2 aromatic carbocycles. The van der Waals surface area contributed by atoms with Crippen LogP contribution in [0.5, 0.6) is 0 Å². The van der Waals surface area contributed by atoms with Crippen LogP contribution in [-0.2, 0) is 17.9 Å². The molecule has 1 aliphatic heterocycles. The smallest absolute Gasteiger partial charge is 0.314 e. The van der Waals surface area contributed by atoms with Crippen molar-refractivity contribution in [1.29, 1.82) is 0 Å². The van der Waals surface area contributed by atoms with Gasteiger partial charge in [-0.25, -0.2) is 4.79 Å². The number of nitrogens with zero attached hydrogens (tertiary/aromatic N) is 4. The number of halogens is 6. The highest BCUT2D eigenvalue weighted by Crippen LogP contribution is 2.48. The van der Waals surface area contributed by atoms with E-state index in [9.17, 15) is 31.1 Å². The van der Waals surface area contributed by atoms with Gasteiger partial charge >= 0.3 is 18.4 Å². The number of carbonyl (C=O) groups excluding carboxylic acids is 1. The van der Waals surface area contributed by atoms with Crippen molar-refractivity contribution >= 4 is 11.7 Å². The van der Waals surface area contributed by atoms with Crippen LogP contribution in [0, 0.1) is 5.41 Å². The summed E-state index contributed by atoms with van der Waals surface area (Å²) in [5.74, 6) is 0. The number of nitrogens with one attached hydrogen (secondary N) is 1. The number of carbonyl (C=O) groups is 1. The highest BCUT2D eigenvalue weighted by molar-refractivity contribution is 5.90. The van der Waals surface area contributed by atoms with Crippen molar-refractivity contribution in [3.63, 3.8) is 0 Å². The minimum atomic E-state index is -5.05. The molecule has 1 N–H and O–H groups in total. The first-order valence-corrected chi connectivity index (χ1v) is 10.1. The fraction of sp³-hybridized carbons (Fsp3) is 0.409. The second-order valence-corrected chi connectivity index (χ2v) is 8.94. The predicted octanol–water partition coefficient (Wildman–Crippen LogP) is 7.19. The SMILES string of the molecule is CC1(C)CN(C(=O)Nc2cc(C(F)(F)F)cc(C(F)(F)F)c2)[C@](CN=[N+]=[N-])(c2ccccc2)C1. The molecule has 1 atom stereocenters. The van der Waals surface area contributed by atoms with E-state index in [1.54, 1.807) is 30.3 Å². The molecule has 0 spiro atoms. The predicted molar refractivity (Wildman–Crippen MR) is 113 cm³/mol. The van der Waals surface area contributed by atoms with Crippen molar-refractivity contribution < 1.29 is 31.1 Å². The molecule has 2 amide bonds. The molecule has 6 nitrogen and oxygen atoms in total. The fourth-order valence-corrected chi connectivity index (χ4v) is 4.39. The highest BCUT2D eigenvalue weighted by Gasteiger charge is 2.52. The molecule has 0 radical (unpaired) electrons. The molecule has 1 heterocycles. The number of likely N-dealkylation sites (tertiary alicyclic amines) is 1. The van der Waals surface area contributed by atoms with Gasteiger partial charge in [-0.3, -0.25) is 0 Å². The second kappa shape index (κ2) is 8.75. The summed E-state index contributed by atoms with van der Waals surface area (Å²) >= 11 is 0. The van der Waals surface area contributed by atoms with Crippen LogP contribution < -0.4 is 5.32 Å². The number of anilines is 1. The Morgan fingerprint density at radius 2 is 1.62 bits per heavy atom. The molecule has 0 aromatic heterocycles. The molecule has 3 rings (SSSR count). The number of urea groups is 1. The molecule has 0 aliphatic carbocycles. The van der Waals surface area contributed by atoms with Crippen molar-refractivity contribution in [2.24, 2.45) is 10.5 Å². The summed E-state index contributed by atoms with van der Waals surface area (Å²) in [6.45, 7) is 3.68. The van der Waals surface area contributed by atoms with Gasteiger partial charge in [0.05, 0.1) is 23.2 Å². The van der Waals surface area contributed by atoms with Gasteiger partial charge < -0.3 is 10.2 Å². The van der Waals surface area contributed by atoms with E-state index in [2.05, 4.69) is 15.3 Å². The number of azide groups is 1. The molecule has 1 aliphatic rings. The third-order valence-electron chi connectivity index (χ3n) is 5.66. The second-order valence-electron chi connectivity index (χ2n) is 8.94. The fourth-order valence-electron chi connectivity index (χ4n) is 4.39. The molecule has 34 heavy (non-hydrogen) atoms. The van der Waals surface area contributed by atoms with E-state index in [0.717, 1.165) is 0 Å². The Morgan fingerprint density at radius 3 is 2.12 bits per heavy atom. The lowest BCUT2D eigenvalue weighted by Crippen LogP contribution is -2.49. The Bertz CT molecular complexity index is 1080. The van der Waals surface area contributed by atoms with E-state index in [4.69, 9.17) is 5.53 Å². The van der Waals surface area contributed by atoms with E-state index < -0.39 is 46.2 Å². The van der Waals surface area contributed by atoms with Gasteiger partial charge in [-0.1, -0.05) is 49.3 Å². The van der Waals surface area contributed by atoms with E-state index in [1.807, 2.05) is 13.8 Å². The highest BCUT2D eigenvalue weighted by atomic mass is 19.4. The summed E-state index contributed by atoms with van der Waals surface area (Å²) in [7, 11) is 0. The molecule has 12 heteroatoms. The lowest BCUT2D eigenvalue weighted by Gasteiger charge is -2.38. The van der Waals surface area contributed by atoms with Gasteiger partial charge in [-0.15, -0.1) is 0 Å². The Morgan fingerprint density at radius 1 is 1.06 bits per heavy atom. The maximum absolute atomic E-state index is 13.3. The van der Waals surface area contributed by atoms with Crippen molar-refractivity contribution in [3.8, 4) is 0 Å². The zero-order valence-electron chi connectivity index (χ0n) is 18.2. The number of amides is 2. The largest absolute Gasteiger partial charge is 0.416 e. The standard InChI is InChI=1S/C22H21F6N5O/c1-19(2)11-20(12-30-32-29,14-6-4-3-5-7-14)33(13-19)18(34)31-17-9-15(21(23,24)25)8-16(10-17)22(26,27)28/h3-10H,11-13H2,1-2H3,(H,31,34)/t20-/m1/s1. The Hall–Kier alpha value is -3.40. The first-order chi connectivity index (χ1) is 15.7. The number of hydrogen-bond donors (Lipinski definition) is 1. The summed E-state index contributed by atoms with van der Waals surface area (Å²) in [6.07, 6.45) is -9.75. The molecule has 1 saturated heterocycles. The summed E-state index contributed by atoms with van der Waals surface area (Å²) in [5, 5.41) is 5.86. The van der Waals surface area contributed by atoms with Crippen LogP contribution >= 0.6 is 0 Å². The quantitative estimate of drug-likeness (QED) is 0.211. The molecule has 1 fully saturated rings. The zero-order valence-corrected chi connectivity index (χ0v) is 18.2. The first-order valence-electron chi connectivity index (χ1n) is 10.1. The van der Waals surface area contributed by atoms with E-state index >= 15 is 0 Å². The third-order valence-corrected chi connectivity index (χ3v) is 5.66. The molecular formula is C22H21F6N5O. The maximum atomic E-state index is 13.3. The minimum Gasteiger partial charge on any atom is -0.314 e. The van der Waals surface area contributed by atoms with Gasteiger partial charge in [-0.2, -0.15) is 26.3 Å². The van der Waals surface area contributed by atoms with Crippen molar-refractivity contribution in [1.82, 2.24) is 4.90 Å². The number of hydrogen-bond acceptors (Lipinski definition) is 2. The number of rotatable bonds is 4. The molecular weight excluding hydrogens is 464 g/mol. The van der Waals surface area contributed by atoms with Crippen LogP contribution in [-0.4, -0.2) is 24.0 Å². The van der Waals surface area contributed by atoms with E-state index in [-0.39, 0.29) is 19.2 Å². The first kappa shape index (κ1) is 25.2. The normalized spacial score (nSPS) is 20.1. The summed E-state index contributed by atoms with van der Waals surface area (Å²) in [4.78, 5) is 17.4. The topological polar surface area (TPSA) is 81.1 Å². The number of benzene rings is 2. The summed E-state index contributed by atoms with van der Waals surface area (Å²) < 4.78 is 79.3. The van der Waals surface area contributed by atoms with Gasteiger partial charge in [0.2, 0.25) is 0 Å². The summed E-state index contributed by atoms with van der Waals surface area (Å²) in [5.41, 5.74) is 4.19. The molecule has 182 valence electrons. The molecule has 2 aromatic rings. The van der Waals surface area contributed by atoms with Gasteiger partial charge in [0, 0.05) is 17.1 Å².